The van der Waals surface area contributed by atoms with Crippen molar-refractivity contribution in [3.63, 3.8) is 0 Å². The lowest BCUT2D eigenvalue weighted by molar-refractivity contribution is -0.148. The van der Waals surface area contributed by atoms with E-state index in [1.807, 2.05) is 0 Å². The van der Waals surface area contributed by atoms with Gasteiger partial charge in [-0.1, -0.05) is 284 Å². The summed E-state index contributed by atoms with van der Waals surface area (Å²) in [6.07, 6.45) is 68.0. The third-order valence-electron chi connectivity index (χ3n) is 14.8. The monoisotopic (exact) mass is 914 g/mol. The summed E-state index contributed by atoms with van der Waals surface area (Å²) in [7, 11) is 4.21. The number of esters is 1. The van der Waals surface area contributed by atoms with E-state index in [9.17, 15) is 4.79 Å². The standard InChI is InChI=1S/C62H123NO2/c1-8-11-14-17-20-23-24-25-26-27-28-29-31-34-40-45-52-61(57-58(4)56-59(5)62(64)65-55-48-47-54-63(6)7)53-46-41-36-35-39-44-51-60(49-42-37-32-22-19-16-13-10-3)50-43-38-33-30-21-18-15-12-9-2/h51,58-59,61H,8-50,52-57H2,1-7H3/b60-51-. The minimum Gasteiger partial charge on any atom is -0.465 e. The Balaban J connectivity index is 4.73. The van der Waals surface area contributed by atoms with Gasteiger partial charge in [0.1, 0.15) is 0 Å². The molecule has 0 aromatic rings. The second-order valence-electron chi connectivity index (χ2n) is 22.1. The Kier molecular flexibility index (Phi) is 51.9. The molecule has 0 bridgehead atoms. The number of nitrogens with zero attached hydrogens (tertiary/aromatic N) is 1. The summed E-state index contributed by atoms with van der Waals surface area (Å²) < 4.78 is 5.71. The molecule has 0 aliphatic carbocycles. The number of hydrogen-bond acceptors (Lipinski definition) is 3. The van der Waals surface area contributed by atoms with Crippen molar-refractivity contribution in [1.82, 2.24) is 4.90 Å². The number of ether oxygens (including phenoxy) is 1. The summed E-state index contributed by atoms with van der Waals surface area (Å²) in [6.45, 7) is 13.1. The van der Waals surface area contributed by atoms with E-state index < -0.39 is 0 Å². The van der Waals surface area contributed by atoms with Crippen molar-refractivity contribution in [3.8, 4) is 0 Å². The van der Waals surface area contributed by atoms with Crippen LogP contribution >= 0.6 is 0 Å². The maximum Gasteiger partial charge on any atom is 0.308 e. The van der Waals surface area contributed by atoms with Gasteiger partial charge in [-0.15, -0.1) is 0 Å². The van der Waals surface area contributed by atoms with E-state index in [0.29, 0.717) is 12.5 Å². The van der Waals surface area contributed by atoms with Crippen molar-refractivity contribution >= 4 is 5.97 Å². The molecule has 0 heterocycles. The lowest BCUT2D eigenvalue weighted by atomic mass is 9.83. The van der Waals surface area contributed by atoms with Crippen molar-refractivity contribution in [3.05, 3.63) is 11.6 Å². The zero-order valence-electron chi connectivity index (χ0n) is 46.2. The summed E-state index contributed by atoms with van der Waals surface area (Å²) in [5, 5.41) is 0. The maximum absolute atomic E-state index is 12.8. The van der Waals surface area contributed by atoms with Crippen LogP contribution in [0.15, 0.2) is 11.6 Å². The second-order valence-corrected chi connectivity index (χ2v) is 22.1. The van der Waals surface area contributed by atoms with E-state index in [-0.39, 0.29) is 11.9 Å². The molecular weight excluding hydrogens is 791 g/mol. The summed E-state index contributed by atoms with van der Waals surface area (Å²) in [4.78, 5) is 15.0. The van der Waals surface area contributed by atoms with Crippen molar-refractivity contribution in [2.24, 2.45) is 17.8 Å². The summed E-state index contributed by atoms with van der Waals surface area (Å²) in [6, 6.07) is 0. The SMILES string of the molecule is CCCCCCCCCCCCCCCCCCC(CCCCCCC/C=C(/CCCCCCCCCC)CCCCCCCCCCC)CC(C)CC(C)C(=O)OCCCCN(C)C. The van der Waals surface area contributed by atoms with Gasteiger partial charge in [0.2, 0.25) is 0 Å². The van der Waals surface area contributed by atoms with Gasteiger partial charge in [-0.3, -0.25) is 4.79 Å². The fraction of sp³-hybridized carbons (Fsp3) is 0.952. The topological polar surface area (TPSA) is 29.5 Å². The first-order valence-corrected chi connectivity index (χ1v) is 30.3. The Morgan fingerprint density at radius 3 is 1.17 bits per heavy atom. The van der Waals surface area contributed by atoms with Gasteiger partial charge in [0.25, 0.3) is 0 Å². The molecule has 0 saturated heterocycles. The van der Waals surface area contributed by atoms with Crippen LogP contribution in [0.2, 0.25) is 0 Å². The number of unbranched alkanes of at least 4 members (excludes halogenated alkanes) is 36. The molecule has 0 radical (unpaired) electrons. The van der Waals surface area contributed by atoms with Crippen LogP contribution in [0.25, 0.3) is 0 Å². The molecule has 3 unspecified atom stereocenters. The Bertz CT molecular complexity index is 958. The highest BCUT2D eigenvalue weighted by molar-refractivity contribution is 5.71. The van der Waals surface area contributed by atoms with Crippen LogP contribution in [0.4, 0.5) is 0 Å². The van der Waals surface area contributed by atoms with E-state index in [1.54, 1.807) is 5.57 Å². The lowest BCUT2D eigenvalue weighted by Crippen LogP contribution is -2.20. The fourth-order valence-electron chi connectivity index (χ4n) is 10.5. The minimum atomic E-state index is 0.00930. The summed E-state index contributed by atoms with van der Waals surface area (Å²) >= 11 is 0. The molecule has 0 aromatic carbocycles. The quantitative estimate of drug-likeness (QED) is 0.0346. The highest BCUT2D eigenvalue weighted by Gasteiger charge is 2.20. The predicted octanol–water partition coefficient (Wildman–Crippen LogP) is 21.3. The van der Waals surface area contributed by atoms with Gasteiger partial charge in [0.15, 0.2) is 0 Å². The third kappa shape index (κ3) is 49.4. The minimum absolute atomic E-state index is 0.00930. The Morgan fingerprint density at radius 2 is 0.785 bits per heavy atom. The van der Waals surface area contributed by atoms with Gasteiger partial charge in [-0.2, -0.15) is 0 Å². The molecule has 0 amide bonds. The van der Waals surface area contributed by atoms with E-state index >= 15 is 0 Å². The Labute approximate surface area is 411 Å². The molecule has 0 aliphatic rings. The van der Waals surface area contributed by atoms with Gasteiger partial charge in [-0.05, 0) is 96.7 Å². The van der Waals surface area contributed by atoms with Crippen molar-refractivity contribution in [1.29, 1.82) is 0 Å². The zero-order valence-corrected chi connectivity index (χ0v) is 46.2. The first-order valence-electron chi connectivity index (χ1n) is 30.3. The molecule has 0 rings (SSSR count). The molecule has 3 atom stereocenters. The van der Waals surface area contributed by atoms with Gasteiger partial charge in [-0.25, -0.2) is 0 Å². The fourth-order valence-corrected chi connectivity index (χ4v) is 10.5. The van der Waals surface area contributed by atoms with Gasteiger partial charge >= 0.3 is 5.97 Å². The van der Waals surface area contributed by atoms with Crippen LogP contribution < -0.4 is 0 Å². The van der Waals surface area contributed by atoms with Crippen molar-refractivity contribution in [2.75, 3.05) is 27.2 Å². The Hall–Kier alpha value is -0.830. The number of hydrogen-bond donors (Lipinski definition) is 0. The maximum atomic E-state index is 12.8. The molecule has 0 spiro atoms. The number of rotatable bonds is 54. The largest absolute Gasteiger partial charge is 0.465 e. The van der Waals surface area contributed by atoms with E-state index in [0.717, 1.165) is 31.7 Å². The highest BCUT2D eigenvalue weighted by atomic mass is 16.5. The summed E-state index contributed by atoms with van der Waals surface area (Å²) in [5.74, 6) is 1.43. The lowest BCUT2D eigenvalue weighted by Gasteiger charge is -2.23. The van der Waals surface area contributed by atoms with Crippen LogP contribution in [0.1, 0.15) is 336 Å². The molecule has 65 heavy (non-hydrogen) atoms. The first kappa shape index (κ1) is 64.2. The van der Waals surface area contributed by atoms with Crippen LogP contribution in [0.5, 0.6) is 0 Å². The molecule has 0 aromatic heterocycles. The van der Waals surface area contributed by atoms with Crippen molar-refractivity contribution in [2.45, 2.75) is 336 Å². The van der Waals surface area contributed by atoms with Crippen molar-refractivity contribution < 1.29 is 9.53 Å². The molecule has 0 N–H and O–H groups in total. The molecular formula is C62H123NO2. The van der Waals surface area contributed by atoms with E-state index in [1.165, 1.54) is 283 Å². The molecule has 388 valence electrons. The van der Waals surface area contributed by atoms with Gasteiger partial charge in [0, 0.05) is 0 Å². The van der Waals surface area contributed by atoms with Crippen LogP contribution in [0, 0.1) is 17.8 Å². The van der Waals surface area contributed by atoms with Crippen LogP contribution in [-0.2, 0) is 9.53 Å². The molecule has 0 saturated carbocycles. The average molecular weight is 915 g/mol. The molecule has 3 nitrogen and oxygen atoms in total. The first-order chi connectivity index (χ1) is 31.8. The predicted molar refractivity (Wildman–Crippen MR) is 293 cm³/mol. The normalized spacial score (nSPS) is 13.5. The molecule has 0 aliphatic heterocycles. The highest BCUT2D eigenvalue weighted by Crippen LogP contribution is 2.29. The summed E-state index contributed by atoms with van der Waals surface area (Å²) in [5.41, 5.74) is 1.80. The number of carbonyl (C=O) groups is 1. The van der Waals surface area contributed by atoms with E-state index in [2.05, 4.69) is 59.7 Å². The Morgan fingerprint density at radius 1 is 0.431 bits per heavy atom. The van der Waals surface area contributed by atoms with E-state index in [4.69, 9.17) is 4.74 Å². The number of carbonyl (C=O) groups excluding carboxylic acids is 1. The van der Waals surface area contributed by atoms with Gasteiger partial charge < -0.3 is 9.64 Å². The molecule has 3 heteroatoms. The van der Waals surface area contributed by atoms with Gasteiger partial charge in [0.05, 0.1) is 12.5 Å². The molecule has 0 fully saturated rings. The van der Waals surface area contributed by atoms with Crippen LogP contribution in [0.3, 0.4) is 0 Å². The second kappa shape index (κ2) is 52.5. The zero-order chi connectivity index (χ0) is 47.5. The number of allylic oxidation sites excluding steroid dienone is 2. The average Bonchev–Trinajstić information content (AvgIpc) is 3.29. The van der Waals surface area contributed by atoms with Crippen LogP contribution in [-0.4, -0.2) is 38.1 Å². The smallest absolute Gasteiger partial charge is 0.308 e. The third-order valence-corrected chi connectivity index (χ3v) is 14.8.